The number of rotatable bonds is 6. The molecule has 5 nitrogen and oxygen atoms in total. The minimum absolute atomic E-state index is 0.0646. The van der Waals surface area contributed by atoms with Gasteiger partial charge in [0.25, 0.3) is 5.91 Å². The van der Waals surface area contributed by atoms with Crippen LogP contribution in [0.2, 0.25) is 0 Å². The summed E-state index contributed by atoms with van der Waals surface area (Å²) in [5.74, 6) is 1.53. The van der Waals surface area contributed by atoms with E-state index in [0.717, 1.165) is 22.9 Å². The van der Waals surface area contributed by atoms with Crippen LogP contribution < -0.4 is 16.0 Å². The van der Waals surface area contributed by atoms with E-state index in [4.69, 9.17) is 0 Å². The lowest BCUT2D eigenvalue weighted by Gasteiger charge is -2.12. The van der Waals surface area contributed by atoms with Crippen LogP contribution in [0.25, 0.3) is 0 Å². The van der Waals surface area contributed by atoms with Crippen molar-refractivity contribution in [2.24, 2.45) is 10.9 Å². The Morgan fingerprint density at radius 1 is 1.19 bits per heavy atom. The molecule has 0 spiro atoms. The molecule has 0 bridgehead atoms. The summed E-state index contributed by atoms with van der Waals surface area (Å²) in [6.45, 7) is 2.18. The first-order valence-electron chi connectivity index (χ1n) is 7.17. The molecule has 114 valence electrons. The number of halogens is 1. The lowest BCUT2D eigenvalue weighted by Crippen LogP contribution is -2.42. The van der Waals surface area contributed by atoms with Crippen LogP contribution >= 0.6 is 15.9 Å². The number of nitrogens with one attached hydrogen (secondary N) is 3. The quantitative estimate of drug-likeness (QED) is 0.415. The number of hydrogen-bond acceptors (Lipinski definition) is 2. The van der Waals surface area contributed by atoms with Crippen LogP contribution in [0.15, 0.2) is 33.7 Å². The molecule has 0 aliphatic heterocycles. The molecule has 1 fully saturated rings. The maximum absolute atomic E-state index is 11.9. The molecule has 3 N–H and O–H groups in total. The average Bonchev–Trinajstić information content (AvgIpc) is 3.31. The Balaban J connectivity index is 1.63. The molecule has 2 rings (SSSR count). The van der Waals surface area contributed by atoms with Crippen LogP contribution in [0.5, 0.6) is 0 Å². The summed E-state index contributed by atoms with van der Waals surface area (Å²) in [6, 6.07) is 7.31. The predicted octanol–water partition coefficient (Wildman–Crippen LogP) is 1.75. The Kier molecular flexibility index (Phi) is 6.04. The highest BCUT2D eigenvalue weighted by Gasteiger charge is 2.20. The molecule has 1 saturated carbocycles. The number of benzene rings is 1. The lowest BCUT2D eigenvalue weighted by atomic mass is 10.2. The van der Waals surface area contributed by atoms with Gasteiger partial charge < -0.3 is 16.0 Å². The van der Waals surface area contributed by atoms with E-state index in [1.807, 2.05) is 12.1 Å². The van der Waals surface area contributed by atoms with E-state index < -0.39 is 0 Å². The summed E-state index contributed by atoms with van der Waals surface area (Å²) in [4.78, 5) is 16.0. The van der Waals surface area contributed by atoms with Gasteiger partial charge in [0.05, 0.1) is 0 Å². The monoisotopic (exact) mass is 352 g/mol. The Bertz CT molecular complexity index is 497. The number of carbonyl (C=O) groups excluding carboxylic acids is 1. The standard InChI is InChI=1S/C15H21BrN4O/c1-17-15(20-10-11-2-3-11)19-9-8-18-14(21)12-4-6-13(16)7-5-12/h4-7,11H,2-3,8-10H2,1H3,(H,18,21)(H2,17,19,20). The number of amides is 1. The molecule has 1 amide bonds. The molecule has 0 radical (unpaired) electrons. The van der Waals surface area contributed by atoms with Gasteiger partial charge in [0.2, 0.25) is 0 Å². The van der Waals surface area contributed by atoms with Gasteiger partial charge in [-0.05, 0) is 43.0 Å². The number of carbonyl (C=O) groups is 1. The number of hydrogen-bond donors (Lipinski definition) is 3. The molecule has 1 aliphatic rings. The normalized spacial score (nSPS) is 14.7. The zero-order chi connectivity index (χ0) is 15.1. The molecule has 0 aromatic heterocycles. The smallest absolute Gasteiger partial charge is 0.251 e. The van der Waals surface area contributed by atoms with Crippen molar-refractivity contribution >= 4 is 27.8 Å². The minimum Gasteiger partial charge on any atom is -0.356 e. The molecular weight excluding hydrogens is 332 g/mol. The van der Waals surface area contributed by atoms with E-state index in [2.05, 4.69) is 36.9 Å². The third kappa shape index (κ3) is 5.75. The molecule has 6 heteroatoms. The molecule has 21 heavy (non-hydrogen) atoms. The largest absolute Gasteiger partial charge is 0.356 e. The van der Waals surface area contributed by atoms with Gasteiger partial charge in [-0.1, -0.05) is 15.9 Å². The topological polar surface area (TPSA) is 65.5 Å². The van der Waals surface area contributed by atoms with E-state index in [-0.39, 0.29) is 5.91 Å². The highest BCUT2D eigenvalue weighted by atomic mass is 79.9. The zero-order valence-corrected chi connectivity index (χ0v) is 13.7. The maximum Gasteiger partial charge on any atom is 0.251 e. The SMILES string of the molecule is CN=C(NCCNC(=O)c1ccc(Br)cc1)NCC1CC1. The molecular formula is C15H21BrN4O. The van der Waals surface area contributed by atoms with Crippen molar-refractivity contribution in [2.75, 3.05) is 26.7 Å². The van der Waals surface area contributed by atoms with Crippen molar-refractivity contribution < 1.29 is 4.79 Å². The van der Waals surface area contributed by atoms with Gasteiger partial charge in [-0.2, -0.15) is 0 Å². The molecule has 0 saturated heterocycles. The van der Waals surface area contributed by atoms with Crippen molar-refractivity contribution in [3.63, 3.8) is 0 Å². The van der Waals surface area contributed by atoms with E-state index in [9.17, 15) is 4.79 Å². The van der Waals surface area contributed by atoms with Crippen molar-refractivity contribution in [1.29, 1.82) is 0 Å². The predicted molar refractivity (Wildman–Crippen MR) is 88.6 cm³/mol. The van der Waals surface area contributed by atoms with Crippen LogP contribution in [0.4, 0.5) is 0 Å². The molecule has 1 aromatic rings. The van der Waals surface area contributed by atoms with Gasteiger partial charge in [0, 0.05) is 36.7 Å². The fraction of sp³-hybridized carbons (Fsp3) is 0.467. The van der Waals surface area contributed by atoms with Gasteiger partial charge in [-0.3, -0.25) is 9.79 Å². The Labute approximate surface area is 133 Å². The number of guanidine groups is 1. The summed E-state index contributed by atoms with van der Waals surface area (Å²) in [7, 11) is 1.75. The summed E-state index contributed by atoms with van der Waals surface area (Å²) in [5, 5.41) is 9.34. The van der Waals surface area contributed by atoms with E-state index in [0.29, 0.717) is 18.7 Å². The van der Waals surface area contributed by atoms with Gasteiger partial charge >= 0.3 is 0 Å². The van der Waals surface area contributed by atoms with Crippen LogP contribution in [0.3, 0.4) is 0 Å². The lowest BCUT2D eigenvalue weighted by molar-refractivity contribution is 0.0954. The average molecular weight is 353 g/mol. The first-order valence-corrected chi connectivity index (χ1v) is 7.96. The van der Waals surface area contributed by atoms with Gasteiger partial charge in [0.1, 0.15) is 0 Å². The van der Waals surface area contributed by atoms with Crippen molar-refractivity contribution in [2.45, 2.75) is 12.8 Å². The minimum atomic E-state index is -0.0646. The van der Waals surface area contributed by atoms with E-state index >= 15 is 0 Å². The Hall–Kier alpha value is -1.56. The summed E-state index contributed by atoms with van der Waals surface area (Å²) < 4.78 is 0.964. The van der Waals surface area contributed by atoms with Crippen molar-refractivity contribution in [1.82, 2.24) is 16.0 Å². The number of aliphatic imine (C=N–C) groups is 1. The second kappa shape index (κ2) is 8.02. The molecule has 1 aromatic carbocycles. The Morgan fingerprint density at radius 2 is 1.86 bits per heavy atom. The van der Waals surface area contributed by atoms with Crippen LogP contribution in [-0.4, -0.2) is 38.5 Å². The number of nitrogens with zero attached hydrogens (tertiary/aromatic N) is 1. The first kappa shape index (κ1) is 15.8. The summed E-state index contributed by atoms with van der Waals surface area (Å²) in [6.07, 6.45) is 2.63. The molecule has 0 atom stereocenters. The molecule has 0 heterocycles. The third-order valence-electron chi connectivity index (χ3n) is 3.29. The van der Waals surface area contributed by atoms with Gasteiger partial charge in [-0.25, -0.2) is 0 Å². The third-order valence-corrected chi connectivity index (χ3v) is 3.82. The molecule has 1 aliphatic carbocycles. The second-order valence-electron chi connectivity index (χ2n) is 5.09. The van der Waals surface area contributed by atoms with Crippen molar-refractivity contribution in [3.05, 3.63) is 34.3 Å². The van der Waals surface area contributed by atoms with E-state index in [1.54, 1.807) is 19.2 Å². The van der Waals surface area contributed by atoms with Crippen LogP contribution in [0, 0.1) is 5.92 Å². The second-order valence-corrected chi connectivity index (χ2v) is 6.00. The van der Waals surface area contributed by atoms with Gasteiger partial charge in [0.15, 0.2) is 5.96 Å². The zero-order valence-electron chi connectivity index (χ0n) is 12.2. The highest BCUT2D eigenvalue weighted by Crippen LogP contribution is 2.27. The van der Waals surface area contributed by atoms with Gasteiger partial charge in [-0.15, -0.1) is 0 Å². The molecule has 0 unspecified atom stereocenters. The summed E-state index contributed by atoms with van der Waals surface area (Å²) in [5.41, 5.74) is 0.662. The first-order chi connectivity index (χ1) is 10.2. The van der Waals surface area contributed by atoms with Crippen LogP contribution in [-0.2, 0) is 0 Å². The van der Waals surface area contributed by atoms with Crippen molar-refractivity contribution in [3.8, 4) is 0 Å². The highest BCUT2D eigenvalue weighted by molar-refractivity contribution is 9.10. The Morgan fingerprint density at radius 3 is 2.48 bits per heavy atom. The van der Waals surface area contributed by atoms with E-state index in [1.165, 1.54) is 12.8 Å². The summed E-state index contributed by atoms with van der Waals surface area (Å²) >= 11 is 3.35. The van der Waals surface area contributed by atoms with Crippen LogP contribution in [0.1, 0.15) is 23.2 Å². The fourth-order valence-corrected chi connectivity index (χ4v) is 2.11. The maximum atomic E-state index is 11.9. The fourth-order valence-electron chi connectivity index (χ4n) is 1.84.